The summed E-state index contributed by atoms with van der Waals surface area (Å²) in [5.74, 6) is 0.173. The van der Waals surface area contributed by atoms with Gasteiger partial charge >= 0.3 is 5.97 Å². The number of aromatic nitrogens is 1. The van der Waals surface area contributed by atoms with Crippen LogP contribution >= 0.6 is 0 Å². The van der Waals surface area contributed by atoms with E-state index in [0.29, 0.717) is 17.9 Å². The molecule has 5 heteroatoms. The van der Waals surface area contributed by atoms with Crippen LogP contribution in [-0.2, 0) is 16.1 Å². The van der Waals surface area contributed by atoms with Gasteiger partial charge in [-0.3, -0.25) is 9.59 Å². The lowest BCUT2D eigenvalue weighted by Gasteiger charge is -2.24. The molecule has 0 fully saturated rings. The van der Waals surface area contributed by atoms with Crippen LogP contribution in [0.2, 0.25) is 0 Å². The van der Waals surface area contributed by atoms with Gasteiger partial charge in [-0.25, -0.2) is 0 Å². The molecule has 0 radical (unpaired) electrons. The highest BCUT2D eigenvalue weighted by molar-refractivity contribution is 6.08. The van der Waals surface area contributed by atoms with Gasteiger partial charge in [0.1, 0.15) is 5.75 Å². The van der Waals surface area contributed by atoms with E-state index in [1.54, 1.807) is 30.3 Å². The van der Waals surface area contributed by atoms with Gasteiger partial charge in [-0.1, -0.05) is 0 Å². The summed E-state index contributed by atoms with van der Waals surface area (Å²) in [7, 11) is 1.40. The molecule has 24 heavy (non-hydrogen) atoms. The molecule has 126 valence electrons. The number of benzene rings is 1. The predicted molar refractivity (Wildman–Crippen MR) is 89.5 cm³/mol. The molecule has 0 saturated heterocycles. The Balaban J connectivity index is 1.89. The minimum Gasteiger partial charge on any atom is -0.494 e. The summed E-state index contributed by atoms with van der Waals surface area (Å²) in [5.41, 5.74) is 2.09. The van der Waals surface area contributed by atoms with E-state index in [-0.39, 0.29) is 17.7 Å². The SMILES string of the molecule is CCOc1ccc(C(=O)c2ccc3n2CCCC3C(=O)OC)cc1. The van der Waals surface area contributed by atoms with Gasteiger partial charge in [-0.2, -0.15) is 0 Å². The van der Waals surface area contributed by atoms with Crippen molar-refractivity contribution in [3.05, 3.63) is 53.3 Å². The van der Waals surface area contributed by atoms with Crippen LogP contribution in [0.25, 0.3) is 0 Å². The monoisotopic (exact) mass is 327 g/mol. The smallest absolute Gasteiger partial charge is 0.314 e. The Hall–Kier alpha value is -2.56. The number of nitrogens with zero attached hydrogens (tertiary/aromatic N) is 1. The number of ketones is 1. The van der Waals surface area contributed by atoms with Gasteiger partial charge in [0.15, 0.2) is 0 Å². The lowest BCUT2D eigenvalue weighted by molar-refractivity contribution is -0.143. The molecule has 0 amide bonds. The molecular weight excluding hydrogens is 306 g/mol. The van der Waals surface area contributed by atoms with Crippen LogP contribution < -0.4 is 4.74 Å². The highest BCUT2D eigenvalue weighted by atomic mass is 16.5. The van der Waals surface area contributed by atoms with E-state index in [1.807, 2.05) is 17.6 Å². The van der Waals surface area contributed by atoms with Crippen LogP contribution in [0.1, 0.15) is 47.4 Å². The lowest BCUT2D eigenvalue weighted by atomic mass is 9.96. The van der Waals surface area contributed by atoms with Gasteiger partial charge in [0.05, 0.1) is 25.3 Å². The summed E-state index contributed by atoms with van der Waals surface area (Å²) in [6, 6.07) is 10.8. The van der Waals surface area contributed by atoms with Gasteiger partial charge in [-0.05, 0) is 56.2 Å². The minimum atomic E-state index is -0.286. The minimum absolute atomic E-state index is 0.0465. The third-order valence-corrected chi connectivity index (χ3v) is 4.39. The van der Waals surface area contributed by atoms with Crippen molar-refractivity contribution in [1.82, 2.24) is 4.57 Å². The van der Waals surface area contributed by atoms with Gasteiger partial charge in [0.2, 0.25) is 5.78 Å². The second-order valence-corrected chi connectivity index (χ2v) is 5.80. The first-order chi connectivity index (χ1) is 11.7. The Bertz CT molecular complexity index is 745. The molecule has 2 heterocycles. The van der Waals surface area contributed by atoms with Gasteiger partial charge in [0, 0.05) is 17.8 Å². The van der Waals surface area contributed by atoms with Crippen LogP contribution in [0.15, 0.2) is 36.4 Å². The standard InChI is InChI=1S/C19H21NO4/c1-3-24-14-8-6-13(7-9-14)18(21)17-11-10-16-15(19(22)23-2)5-4-12-20(16)17/h6-11,15H,3-5,12H2,1-2H3. The molecular formula is C19H21NO4. The van der Waals surface area contributed by atoms with E-state index >= 15 is 0 Å². The number of ether oxygens (including phenoxy) is 2. The summed E-state index contributed by atoms with van der Waals surface area (Å²) < 4.78 is 12.2. The second-order valence-electron chi connectivity index (χ2n) is 5.80. The lowest BCUT2D eigenvalue weighted by Crippen LogP contribution is -2.24. The Morgan fingerprint density at radius 3 is 2.58 bits per heavy atom. The van der Waals surface area contributed by atoms with E-state index in [1.165, 1.54) is 7.11 Å². The summed E-state index contributed by atoms with van der Waals surface area (Å²) in [6.07, 6.45) is 1.61. The fourth-order valence-electron chi connectivity index (χ4n) is 3.23. The molecule has 0 aliphatic carbocycles. The molecule has 5 nitrogen and oxygen atoms in total. The van der Waals surface area contributed by atoms with Crippen molar-refractivity contribution in [1.29, 1.82) is 0 Å². The van der Waals surface area contributed by atoms with Crippen LogP contribution in [0, 0.1) is 0 Å². The highest BCUT2D eigenvalue weighted by Crippen LogP contribution is 2.31. The molecule has 0 spiro atoms. The highest BCUT2D eigenvalue weighted by Gasteiger charge is 2.30. The van der Waals surface area contributed by atoms with E-state index < -0.39 is 0 Å². The first-order valence-electron chi connectivity index (χ1n) is 8.20. The van der Waals surface area contributed by atoms with Gasteiger partial charge < -0.3 is 14.0 Å². The maximum Gasteiger partial charge on any atom is 0.314 e. The first-order valence-corrected chi connectivity index (χ1v) is 8.20. The average Bonchev–Trinajstić information content (AvgIpc) is 3.05. The normalized spacial score (nSPS) is 16.3. The number of hydrogen-bond acceptors (Lipinski definition) is 4. The number of esters is 1. The molecule has 1 unspecified atom stereocenters. The quantitative estimate of drug-likeness (QED) is 0.625. The zero-order chi connectivity index (χ0) is 17.1. The van der Waals surface area contributed by atoms with Gasteiger partial charge in [-0.15, -0.1) is 0 Å². The summed E-state index contributed by atoms with van der Waals surface area (Å²) in [6.45, 7) is 3.26. The molecule has 1 aromatic heterocycles. The molecule has 2 aromatic rings. The van der Waals surface area contributed by atoms with Crippen LogP contribution in [-0.4, -0.2) is 30.0 Å². The third-order valence-electron chi connectivity index (χ3n) is 4.39. The third kappa shape index (κ3) is 2.94. The number of rotatable bonds is 5. The van der Waals surface area contributed by atoms with Crippen molar-refractivity contribution < 1.29 is 19.1 Å². The molecule has 3 rings (SSSR count). The summed E-state index contributed by atoms with van der Waals surface area (Å²) >= 11 is 0. The number of methoxy groups -OCH3 is 1. The second kappa shape index (κ2) is 6.91. The topological polar surface area (TPSA) is 57.5 Å². The molecule has 1 aromatic carbocycles. The maximum absolute atomic E-state index is 12.8. The van der Waals surface area contributed by atoms with E-state index in [0.717, 1.165) is 30.8 Å². The van der Waals surface area contributed by atoms with Crippen molar-refractivity contribution in [3.8, 4) is 5.75 Å². The molecule has 1 aliphatic heterocycles. The van der Waals surface area contributed by atoms with Crippen LogP contribution in [0.3, 0.4) is 0 Å². The maximum atomic E-state index is 12.8. The number of fused-ring (bicyclic) bond motifs is 1. The molecule has 1 atom stereocenters. The zero-order valence-corrected chi connectivity index (χ0v) is 14.0. The van der Waals surface area contributed by atoms with Crippen molar-refractivity contribution >= 4 is 11.8 Å². The Morgan fingerprint density at radius 2 is 1.92 bits per heavy atom. The largest absolute Gasteiger partial charge is 0.494 e. The predicted octanol–water partition coefficient (Wildman–Crippen LogP) is 3.17. The molecule has 1 aliphatic rings. The van der Waals surface area contributed by atoms with E-state index in [2.05, 4.69) is 0 Å². The molecule has 0 bridgehead atoms. The van der Waals surface area contributed by atoms with Crippen LogP contribution in [0.4, 0.5) is 0 Å². The molecule has 0 N–H and O–H groups in total. The Morgan fingerprint density at radius 1 is 1.17 bits per heavy atom. The summed E-state index contributed by atoms with van der Waals surface area (Å²) in [5, 5.41) is 0. The Kier molecular flexibility index (Phi) is 4.69. The number of carbonyl (C=O) groups excluding carboxylic acids is 2. The Labute approximate surface area is 141 Å². The van der Waals surface area contributed by atoms with Crippen molar-refractivity contribution in [2.45, 2.75) is 32.2 Å². The van der Waals surface area contributed by atoms with Gasteiger partial charge in [0.25, 0.3) is 0 Å². The zero-order valence-electron chi connectivity index (χ0n) is 14.0. The fraction of sp³-hybridized carbons (Fsp3) is 0.368. The van der Waals surface area contributed by atoms with Crippen molar-refractivity contribution in [3.63, 3.8) is 0 Å². The average molecular weight is 327 g/mol. The number of hydrogen-bond donors (Lipinski definition) is 0. The van der Waals surface area contributed by atoms with E-state index in [9.17, 15) is 9.59 Å². The summed E-state index contributed by atoms with van der Waals surface area (Å²) in [4.78, 5) is 24.8. The molecule has 0 saturated carbocycles. The number of carbonyl (C=O) groups is 2. The fourth-order valence-corrected chi connectivity index (χ4v) is 3.23. The van der Waals surface area contributed by atoms with E-state index in [4.69, 9.17) is 9.47 Å². The van der Waals surface area contributed by atoms with Crippen molar-refractivity contribution in [2.75, 3.05) is 13.7 Å². The van der Waals surface area contributed by atoms with Crippen LogP contribution in [0.5, 0.6) is 5.75 Å². The van der Waals surface area contributed by atoms with Crippen molar-refractivity contribution in [2.24, 2.45) is 0 Å². The first kappa shape index (κ1) is 16.3.